The number of nitrogens with zero attached hydrogens (tertiary/aromatic N) is 1. The van der Waals surface area contributed by atoms with Crippen molar-refractivity contribution in [1.29, 1.82) is 0 Å². The monoisotopic (exact) mass is 469 g/mol. The van der Waals surface area contributed by atoms with Crippen LogP contribution in [0.15, 0.2) is 88.2 Å². The predicted molar refractivity (Wildman–Crippen MR) is 131 cm³/mol. The van der Waals surface area contributed by atoms with Crippen LogP contribution < -0.4 is 0 Å². The molecule has 1 aliphatic heterocycles. The Bertz CT molecular complexity index is 1470. The summed E-state index contributed by atoms with van der Waals surface area (Å²) < 4.78 is 10.7. The van der Waals surface area contributed by atoms with E-state index in [4.69, 9.17) is 9.15 Å². The first-order valence-electron chi connectivity index (χ1n) is 10.5. The molecule has 0 unspecified atom stereocenters. The van der Waals surface area contributed by atoms with Crippen molar-refractivity contribution in [1.82, 2.24) is 4.90 Å². The SMILES string of the molecule is COC(=O)c1ccccc1-c1ccc(/C=C2\SC(=O)N(Cc3ccc4ccccc4c3)C2=O)o1. The number of fused-ring (bicyclic) bond motifs is 1. The minimum absolute atomic E-state index is 0.197. The lowest BCUT2D eigenvalue weighted by atomic mass is 10.1. The van der Waals surface area contributed by atoms with Crippen LogP contribution in [0.25, 0.3) is 28.2 Å². The highest BCUT2D eigenvalue weighted by Gasteiger charge is 2.35. The fourth-order valence-electron chi connectivity index (χ4n) is 3.85. The number of ether oxygens (including phenoxy) is 1. The zero-order valence-electron chi connectivity index (χ0n) is 18.2. The Morgan fingerprint density at radius 3 is 2.56 bits per heavy atom. The highest BCUT2D eigenvalue weighted by atomic mass is 32.2. The number of thioether (sulfide) groups is 1. The van der Waals surface area contributed by atoms with Gasteiger partial charge in [0.2, 0.25) is 0 Å². The first-order chi connectivity index (χ1) is 16.5. The van der Waals surface area contributed by atoms with Crippen molar-refractivity contribution in [2.45, 2.75) is 6.54 Å². The number of methoxy groups -OCH3 is 1. The number of carbonyl (C=O) groups is 3. The first-order valence-corrected chi connectivity index (χ1v) is 11.4. The number of benzene rings is 3. The van der Waals surface area contributed by atoms with E-state index in [1.807, 2.05) is 42.5 Å². The van der Waals surface area contributed by atoms with Crippen molar-refractivity contribution < 1.29 is 23.5 Å². The van der Waals surface area contributed by atoms with Gasteiger partial charge in [-0.1, -0.05) is 54.6 Å². The number of furan rings is 1. The van der Waals surface area contributed by atoms with Gasteiger partial charge in [0.05, 0.1) is 24.1 Å². The van der Waals surface area contributed by atoms with Gasteiger partial charge in [-0.2, -0.15) is 0 Å². The molecule has 1 fully saturated rings. The van der Waals surface area contributed by atoms with Crippen molar-refractivity contribution in [2.75, 3.05) is 7.11 Å². The van der Waals surface area contributed by atoms with Crippen molar-refractivity contribution in [3.63, 3.8) is 0 Å². The molecule has 3 aromatic carbocycles. The van der Waals surface area contributed by atoms with E-state index in [1.165, 1.54) is 12.0 Å². The van der Waals surface area contributed by atoms with Gasteiger partial charge in [-0.3, -0.25) is 14.5 Å². The Morgan fingerprint density at radius 2 is 1.74 bits per heavy atom. The molecular weight excluding hydrogens is 450 g/mol. The number of esters is 1. The molecule has 0 saturated carbocycles. The van der Waals surface area contributed by atoms with Gasteiger partial charge in [-0.25, -0.2) is 4.79 Å². The average Bonchev–Trinajstić information content (AvgIpc) is 3.43. The summed E-state index contributed by atoms with van der Waals surface area (Å²) in [6.07, 6.45) is 1.55. The first kappa shape index (κ1) is 21.7. The summed E-state index contributed by atoms with van der Waals surface area (Å²) in [5.74, 6) is 0.0351. The van der Waals surface area contributed by atoms with Gasteiger partial charge in [0.1, 0.15) is 11.5 Å². The fourth-order valence-corrected chi connectivity index (χ4v) is 4.66. The van der Waals surface area contributed by atoms with Crippen LogP contribution in [0.3, 0.4) is 0 Å². The molecule has 7 heteroatoms. The van der Waals surface area contributed by atoms with Crippen molar-refractivity contribution >= 4 is 45.7 Å². The van der Waals surface area contributed by atoms with Crippen molar-refractivity contribution in [3.05, 3.63) is 101 Å². The minimum atomic E-state index is -0.469. The molecule has 2 amide bonds. The molecule has 1 aliphatic rings. The lowest BCUT2D eigenvalue weighted by Gasteiger charge is -2.13. The molecule has 0 radical (unpaired) electrons. The second-order valence-electron chi connectivity index (χ2n) is 7.69. The van der Waals surface area contributed by atoms with Crippen molar-refractivity contribution in [3.8, 4) is 11.3 Å². The van der Waals surface area contributed by atoms with Crippen LogP contribution in [0.1, 0.15) is 21.7 Å². The largest absolute Gasteiger partial charge is 0.465 e. The number of hydrogen-bond acceptors (Lipinski definition) is 6. The predicted octanol–water partition coefficient (Wildman–Crippen LogP) is 6.12. The third kappa shape index (κ3) is 4.13. The maximum absolute atomic E-state index is 13.0. The molecule has 0 aliphatic carbocycles. The summed E-state index contributed by atoms with van der Waals surface area (Å²) in [6.45, 7) is 0.197. The molecule has 0 spiro atoms. The lowest BCUT2D eigenvalue weighted by molar-refractivity contribution is -0.123. The highest BCUT2D eigenvalue weighted by Crippen LogP contribution is 2.35. The Labute approximate surface area is 199 Å². The second-order valence-corrected chi connectivity index (χ2v) is 8.68. The van der Waals surface area contributed by atoms with Gasteiger partial charge in [0.15, 0.2) is 0 Å². The normalized spacial score (nSPS) is 14.9. The number of carbonyl (C=O) groups excluding carboxylic acids is 3. The molecule has 34 heavy (non-hydrogen) atoms. The number of hydrogen-bond donors (Lipinski definition) is 0. The summed E-state index contributed by atoms with van der Waals surface area (Å²) in [5.41, 5.74) is 1.84. The standard InChI is InChI=1S/C27H19NO5S/c1-32-26(30)22-9-5-4-8-21(22)23-13-12-20(33-23)15-24-25(29)28(27(31)34-24)16-17-10-11-18-6-2-3-7-19(18)14-17/h2-15H,16H2,1H3/b24-15-. The minimum Gasteiger partial charge on any atom is -0.465 e. The van der Waals surface area contributed by atoms with Crippen LogP contribution in [0, 0.1) is 0 Å². The van der Waals surface area contributed by atoms with E-state index < -0.39 is 5.97 Å². The van der Waals surface area contributed by atoms with Crippen LogP contribution in [-0.2, 0) is 16.1 Å². The summed E-state index contributed by atoms with van der Waals surface area (Å²) in [6, 6.07) is 24.2. The van der Waals surface area contributed by atoms with Gasteiger partial charge in [0, 0.05) is 11.6 Å². The van der Waals surface area contributed by atoms with Crippen molar-refractivity contribution in [2.24, 2.45) is 0 Å². The smallest absolute Gasteiger partial charge is 0.338 e. The maximum atomic E-state index is 13.0. The van der Waals surface area contributed by atoms with Crippen LogP contribution in [0.2, 0.25) is 0 Å². The Hall–Kier alpha value is -4.10. The van der Waals surface area contributed by atoms with E-state index in [9.17, 15) is 14.4 Å². The molecule has 1 aromatic heterocycles. The number of amides is 2. The highest BCUT2D eigenvalue weighted by molar-refractivity contribution is 8.18. The average molecular weight is 470 g/mol. The van der Waals surface area contributed by atoms with Gasteiger partial charge < -0.3 is 9.15 Å². The molecular formula is C27H19NO5S. The third-order valence-electron chi connectivity index (χ3n) is 5.53. The summed E-state index contributed by atoms with van der Waals surface area (Å²) in [7, 11) is 1.32. The molecule has 4 aromatic rings. The van der Waals surface area contributed by atoms with E-state index >= 15 is 0 Å². The molecule has 1 saturated heterocycles. The van der Waals surface area contributed by atoms with Crippen LogP contribution >= 0.6 is 11.8 Å². The molecule has 168 valence electrons. The Kier molecular flexibility index (Phi) is 5.77. The van der Waals surface area contributed by atoms with Crippen LogP contribution in [-0.4, -0.2) is 29.1 Å². The topological polar surface area (TPSA) is 76.8 Å². The van der Waals surface area contributed by atoms with Crippen LogP contribution in [0.5, 0.6) is 0 Å². The van der Waals surface area contributed by atoms with E-state index in [-0.39, 0.29) is 22.6 Å². The maximum Gasteiger partial charge on any atom is 0.338 e. The molecule has 6 nitrogen and oxygen atoms in total. The summed E-state index contributed by atoms with van der Waals surface area (Å²) in [4.78, 5) is 39.1. The Morgan fingerprint density at radius 1 is 0.971 bits per heavy atom. The quantitative estimate of drug-likeness (QED) is 0.259. The van der Waals surface area contributed by atoms with Crippen LogP contribution in [0.4, 0.5) is 4.79 Å². The molecule has 0 N–H and O–H groups in total. The van der Waals surface area contributed by atoms with E-state index in [0.29, 0.717) is 22.6 Å². The third-order valence-corrected chi connectivity index (χ3v) is 6.43. The molecule has 0 atom stereocenters. The zero-order chi connectivity index (χ0) is 23.7. The zero-order valence-corrected chi connectivity index (χ0v) is 19.0. The van der Waals surface area contributed by atoms with Gasteiger partial charge in [-0.05, 0) is 52.4 Å². The van der Waals surface area contributed by atoms with E-state index in [0.717, 1.165) is 28.1 Å². The number of imide groups is 1. The van der Waals surface area contributed by atoms with E-state index in [1.54, 1.807) is 42.5 Å². The molecule has 5 rings (SSSR count). The second kappa shape index (κ2) is 9.03. The van der Waals surface area contributed by atoms with E-state index in [2.05, 4.69) is 0 Å². The number of rotatable bonds is 5. The Balaban J connectivity index is 1.37. The van der Waals surface area contributed by atoms with Gasteiger partial charge >= 0.3 is 5.97 Å². The summed E-state index contributed by atoms with van der Waals surface area (Å²) in [5, 5.41) is 1.83. The molecule has 0 bridgehead atoms. The molecule has 2 heterocycles. The lowest BCUT2D eigenvalue weighted by Crippen LogP contribution is -2.27. The van der Waals surface area contributed by atoms with Gasteiger partial charge in [0.25, 0.3) is 11.1 Å². The fraction of sp³-hybridized carbons (Fsp3) is 0.0741. The van der Waals surface area contributed by atoms with Gasteiger partial charge in [-0.15, -0.1) is 0 Å². The summed E-state index contributed by atoms with van der Waals surface area (Å²) >= 11 is 0.881.